The van der Waals surface area contributed by atoms with Gasteiger partial charge in [0.25, 0.3) is 0 Å². The highest BCUT2D eigenvalue weighted by molar-refractivity contribution is 6.14. The molecule has 0 saturated carbocycles. The largest absolute Gasteiger partial charge is 0.253 e. The number of hydrogen-bond acceptors (Lipinski definition) is 3. The van der Waals surface area contributed by atoms with Gasteiger partial charge in [0.2, 0.25) is 0 Å². The predicted octanol–water partition coefficient (Wildman–Crippen LogP) is 14.2. The number of benzene rings is 8. The van der Waals surface area contributed by atoms with Gasteiger partial charge in [-0.2, -0.15) is 0 Å². The number of pyridine rings is 1. The van der Waals surface area contributed by atoms with E-state index < -0.39 is 0 Å². The number of fused-ring (bicyclic) bond motifs is 3. The van der Waals surface area contributed by atoms with Gasteiger partial charge in [-0.25, -0.2) is 9.97 Å². The second-order valence-corrected chi connectivity index (χ2v) is 14.5. The van der Waals surface area contributed by atoms with Crippen LogP contribution in [0.25, 0.3) is 100 Å². The SMILES string of the molecule is Cc1cccc(-c2ccc(-c3ccc(-c4cc(-c5nc(-c6ccccc6)cc(-c6ccccc6)n5)cc(-c5cc6ccccc6c6ccccc56)c4)cc3)cc2)n1. The molecule has 2 heterocycles. The van der Waals surface area contributed by atoms with Crippen LogP contribution in [-0.4, -0.2) is 15.0 Å². The van der Waals surface area contributed by atoms with Crippen molar-refractivity contribution >= 4 is 21.5 Å². The summed E-state index contributed by atoms with van der Waals surface area (Å²) in [7, 11) is 0. The molecule has 0 saturated heterocycles. The van der Waals surface area contributed by atoms with Crippen molar-refractivity contribution in [1.82, 2.24) is 15.0 Å². The Morgan fingerprint density at radius 1 is 0.281 bits per heavy atom. The van der Waals surface area contributed by atoms with Crippen LogP contribution in [0.4, 0.5) is 0 Å². The molecule has 10 aromatic rings. The smallest absolute Gasteiger partial charge is 0.160 e. The molecule has 2 aromatic heterocycles. The normalized spacial score (nSPS) is 11.2. The summed E-state index contributed by atoms with van der Waals surface area (Å²) >= 11 is 0. The molecule has 0 unspecified atom stereocenters. The van der Waals surface area contributed by atoms with E-state index in [9.17, 15) is 0 Å². The van der Waals surface area contributed by atoms with Crippen LogP contribution >= 0.6 is 0 Å². The molecule has 0 fully saturated rings. The number of aryl methyl sites for hydroxylation is 1. The first-order chi connectivity index (χ1) is 28.1. The van der Waals surface area contributed by atoms with Gasteiger partial charge in [0.05, 0.1) is 17.1 Å². The Bertz CT molecular complexity index is 2990. The van der Waals surface area contributed by atoms with Crippen molar-refractivity contribution in [3.05, 3.63) is 212 Å². The molecule has 0 bridgehead atoms. The van der Waals surface area contributed by atoms with Crippen LogP contribution in [0, 0.1) is 6.92 Å². The third-order valence-electron chi connectivity index (χ3n) is 10.8. The van der Waals surface area contributed by atoms with E-state index in [1.165, 1.54) is 27.1 Å². The summed E-state index contributed by atoms with van der Waals surface area (Å²) in [4.78, 5) is 15.2. The number of rotatable bonds is 7. The zero-order valence-corrected chi connectivity index (χ0v) is 31.5. The molecule has 0 radical (unpaired) electrons. The second kappa shape index (κ2) is 14.6. The third-order valence-corrected chi connectivity index (χ3v) is 10.8. The van der Waals surface area contributed by atoms with Crippen LogP contribution in [0.5, 0.6) is 0 Å². The van der Waals surface area contributed by atoms with Crippen LogP contribution in [0.15, 0.2) is 206 Å². The molecule has 8 aromatic carbocycles. The third kappa shape index (κ3) is 6.77. The Hall–Kier alpha value is -7.49. The van der Waals surface area contributed by atoms with Crippen molar-refractivity contribution in [3.63, 3.8) is 0 Å². The Morgan fingerprint density at radius 3 is 1.40 bits per heavy atom. The minimum atomic E-state index is 0.684. The zero-order valence-electron chi connectivity index (χ0n) is 31.5. The number of aromatic nitrogens is 3. The molecule has 0 aliphatic heterocycles. The quantitative estimate of drug-likeness (QED) is 0.153. The van der Waals surface area contributed by atoms with Gasteiger partial charge in [-0.15, -0.1) is 0 Å². The average molecular weight is 728 g/mol. The summed E-state index contributed by atoms with van der Waals surface area (Å²) in [6.07, 6.45) is 0. The maximum absolute atomic E-state index is 5.25. The van der Waals surface area contributed by atoms with Crippen molar-refractivity contribution in [1.29, 1.82) is 0 Å². The van der Waals surface area contributed by atoms with E-state index in [1.807, 2.05) is 25.1 Å². The van der Waals surface area contributed by atoms with Crippen molar-refractivity contribution < 1.29 is 0 Å². The highest BCUT2D eigenvalue weighted by Crippen LogP contribution is 2.39. The van der Waals surface area contributed by atoms with Crippen molar-refractivity contribution in [2.45, 2.75) is 6.92 Å². The molecule has 0 atom stereocenters. The van der Waals surface area contributed by atoms with Gasteiger partial charge in [0.1, 0.15) is 0 Å². The van der Waals surface area contributed by atoms with Gasteiger partial charge in [-0.1, -0.05) is 164 Å². The van der Waals surface area contributed by atoms with Crippen molar-refractivity contribution in [3.8, 4) is 78.5 Å². The molecule has 268 valence electrons. The fourth-order valence-corrected chi connectivity index (χ4v) is 7.85. The van der Waals surface area contributed by atoms with Crippen molar-refractivity contribution in [2.75, 3.05) is 0 Å². The lowest BCUT2D eigenvalue weighted by molar-refractivity contribution is 1.18. The lowest BCUT2D eigenvalue weighted by Gasteiger charge is -2.15. The van der Waals surface area contributed by atoms with Crippen LogP contribution < -0.4 is 0 Å². The molecule has 3 nitrogen and oxygen atoms in total. The molecule has 0 aliphatic carbocycles. The molecule has 0 spiro atoms. The molecule has 3 heteroatoms. The van der Waals surface area contributed by atoms with Gasteiger partial charge in [0, 0.05) is 27.9 Å². The summed E-state index contributed by atoms with van der Waals surface area (Å²) in [5, 5.41) is 4.90. The van der Waals surface area contributed by atoms with E-state index >= 15 is 0 Å². The fourth-order valence-electron chi connectivity index (χ4n) is 7.85. The molecule has 57 heavy (non-hydrogen) atoms. The highest BCUT2D eigenvalue weighted by atomic mass is 14.9. The van der Waals surface area contributed by atoms with E-state index in [0.717, 1.165) is 72.8 Å². The standard InChI is InChI=1S/C54H37N3/c1-36-13-12-22-51(55-36)42-29-27-38(28-30-42)37-23-25-39(26-24-37)44-31-45(50-34-43-18-8-9-19-47(43)48-20-10-11-21-49(48)50)33-46(32-44)54-56-52(40-14-4-2-5-15-40)35-53(57-54)41-16-6-3-7-17-41/h2-35H,1H3. The van der Waals surface area contributed by atoms with Crippen LogP contribution in [0.3, 0.4) is 0 Å². The lowest BCUT2D eigenvalue weighted by Crippen LogP contribution is -1.97. The van der Waals surface area contributed by atoms with E-state index in [1.54, 1.807) is 0 Å². The molecule has 0 aliphatic rings. The Kier molecular flexibility index (Phi) is 8.74. The van der Waals surface area contributed by atoms with Gasteiger partial charge < -0.3 is 0 Å². The summed E-state index contributed by atoms with van der Waals surface area (Å²) in [6, 6.07) is 73.1. The minimum Gasteiger partial charge on any atom is -0.253 e. The summed E-state index contributed by atoms with van der Waals surface area (Å²) < 4.78 is 0. The van der Waals surface area contributed by atoms with E-state index in [-0.39, 0.29) is 0 Å². The summed E-state index contributed by atoms with van der Waals surface area (Å²) in [5.41, 5.74) is 14.8. The maximum atomic E-state index is 5.25. The van der Waals surface area contributed by atoms with Gasteiger partial charge in [-0.05, 0) is 104 Å². The van der Waals surface area contributed by atoms with E-state index in [0.29, 0.717) is 5.82 Å². The van der Waals surface area contributed by atoms with E-state index in [2.05, 4.69) is 188 Å². The molecule has 0 N–H and O–H groups in total. The predicted molar refractivity (Wildman–Crippen MR) is 238 cm³/mol. The highest BCUT2D eigenvalue weighted by Gasteiger charge is 2.16. The van der Waals surface area contributed by atoms with Gasteiger partial charge >= 0.3 is 0 Å². The van der Waals surface area contributed by atoms with Crippen molar-refractivity contribution in [2.24, 2.45) is 0 Å². The lowest BCUT2D eigenvalue weighted by atomic mass is 9.90. The Morgan fingerprint density at radius 2 is 0.772 bits per heavy atom. The zero-order chi connectivity index (χ0) is 38.1. The Balaban J connectivity index is 1.13. The first-order valence-electron chi connectivity index (χ1n) is 19.3. The monoisotopic (exact) mass is 727 g/mol. The molecular formula is C54H37N3. The topological polar surface area (TPSA) is 38.7 Å². The molecule has 10 rings (SSSR count). The average Bonchev–Trinajstić information content (AvgIpc) is 3.29. The molecular weight excluding hydrogens is 691 g/mol. The maximum Gasteiger partial charge on any atom is 0.160 e. The van der Waals surface area contributed by atoms with Gasteiger partial charge in [-0.3, -0.25) is 4.98 Å². The number of nitrogens with zero attached hydrogens (tertiary/aromatic N) is 3. The molecule has 0 amide bonds. The first kappa shape index (κ1) is 34.0. The summed E-state index contributed by atoms with van der Waals surface area (Å²) in [6.45, 7) is 2.03. The minimum absolute atomic E-state index is 0.684. The van der Waals surface area contributed by atoms with Crippen LogP contribution in [0.2, 0.25) is 0 Å². The van der Waals surface area contributed by atoms with Crippen LogP contribution in [0.1, 0.15) is 5.69 Å². The Labute approximate surface area is 332 Å². The second-order valence-electron chi connectivity index (χ2n) is 14.5. The van der Waals surface area contributed by atoms with E-state index in [4.69, 9.17) is 15.0 Å². The number of hydrogen-bond donors (Lipinski definition) is 0. The first-order valence-corrected chi connectivity index (χ1v) is 19.3. The van der Waals surface area contributed by atoms with Gasteiger partial charge in [0.15, 0.2) is 5.82 Å². The van der Waals surface area contributed by atoms with Crippen LogP contribution in [-0.2, 0) is 0 Å². The summed E-state index contributed by atoms with van der Waals surface area (Å²) in [5.74, 6) is 0.684. The fraction of sp³-hybridized carbons (Fsp3) is 0.0185.